The highest BCUT2D eigenvalue weighted by atomic mass is 16.5. The van der Waals surface area contributed by atoms with Crippen LogP contribution in [0.3, 0.4) is 0 Å². The van der Waals surface area contributed by atoms with E-state index in [9.17, 15) is 9.90 Å². The van der Waals surface area contributed by atoms with Crippen molar-refractivity contribution in [1.82, 2.24) is 5.32 Å². The van der Waals surface area contributed by atoms with Gasteiger partial charge in [-0.15, -0.1) is 0 Å². The van der Waals surface area contributed by atoms with Gasteiger partial charge in [0, 0.05) is 11.6 Å². The Morgan fingerprint density at radius 3 is 2.55 bits per heavy atom. The van der Waals surface area contributed by atoms with Gasteiger partial charge in [-0.05, 0) is 32.0 Å². The lowest BCUT2D eigenvalue weighted by molar-refractivity contribution is -0.138. The van der Waals surface area contributed by atoms with Crippen LogP contribution in [0.4, 0.5) is 0 Å². The molecule has 0 saturated heterocycles. The molecular formula is C15H23NO4. The normalized spacial score (nSPS) is 13.8. The molecule has 1 aromatic carbocycles. The third kappa shape index (κ3) is 3.95. The lowest BCUT2D eigenvalue weighted by Crippen LogP contribution is -2.37. The number of aliphatic hydroxyl groups is 1. The summed E-state index contributed by atoms with van der Waals surface area (Å²) in [5.41, 5.74) is 2.55. The third-order valence-corrected chi connectivity index (χ3v) is 3.21. The van der Waals surface area contributed by atoms with Gasteiger partial charge in [-0.1, -0.05) is 18.6 Å². The Bertz CT molecular complexity index is 473. The van der Waals surface area contributed by atoms with Gasteiger partial charge < -0.3 is 20.3 Å². The fourth-order valence-corrected chi connectivity index (χ4v) is 2.45. The Morgan fingerprint density at radius 1 is 1.40 bits per heavy atom. The number of benzene rings is 1. The van der Waals surface area contributed by atoms with Gasteiger partial charge in [-0.3, -0.25) is 4.79 Å². The zero-order chi connectivity index (χ0) is 15.3. The number of nitrogens with one attached hydrogen (secondary N) is 1. The molecule has 0 aliphatic rings. The molecule has 0 bridgehead atoms. The summed E-state index contributed by atoms with van der Waals surface area (Å²) in [5, 5.41) is 22.5. The smallest absolute Gasteiger partial charge is 0.305 e. The quantitative estimate of drug-likeness (QED) is 0.710. The molecule has 0 amide bonds. The first-order valence-electron chi connectivity index (χ1n) is 6.69. The van der Waals surface area contributed by atoms with E-state index in [-0.39, 0.29) is 6.42 Å². The molecule has 2 atom stereocenters. The molecule has 2 unspecified atom stereocenters. The van der Waals surface area contributed by atoms with Gasteiger partial charge in [0.25, 0.3) is 0 Å². The highest BCUT2D eigenvalue weighted by Crippen LogP contribution is 2.32. The minimum Gasteiger partial charge on any atom is -0.496 e. The van der Waals surface area contributed by atoms with Gasteiger partial charge in [0.1, 0.15) is 5.75 Å². The standard InChI is InChI=1S/C15H23NO4/c1-5-16-12(8-13(17)18)14(19)11-7-9(2)6-10(3)15(11)20-4/h6-7,12,14,16,19H,5,8H2,1-4H3,(H,17,18). The van der Waals surface area contributed by atoms with Gasteiger partial charge in [0.2, 0.25) is 0 Å². The molecule has 0 aromatic heterocycles. The molecule has 5 nitrogen and oxygen atoms in total. The maximum absolute atomic E-state index is 10.9. The highest BCUT2D eigenvalue weighted by Gasteiger charge is 2.26. The summed E-state index contributed by atoms with van der Waals surface area (Å²) in [4.78, 5) is 10.9. The first-order chi connectivity index (χ1) is 9.40. The second-order valence-corrected chi connectivity index (χ2v) is 4.91. The predicted octanol–water partition coefficient (Wildman–Crippen LogP) is 1.80. The molecular weight excluding hydrogens is 258 g/mol. The molecule has 112 valence electrons. The fourth-order valence-electron chi connectivity index (χ4n) is 2.45. The summed E-state index contributed by atoms with van der Waals surface area (Å²) in [6, 6.07) is 3.25. The first kappa shape index (κ1) is 16.5. The molecule has 20 heavy (non-hydrogen) atoms. The lowest BCUT2D eigenvalue weighted by Gasteiger charge is -2.25. The number of carboxylic acids is 1. The van der Waals surface area contributed by atoms with Crippen molar-refractivity contribution in [3.05, 3.63) is 28.8 Å². The zero-order valence-electron chi connectivity index (χ0n) is 12.4. The number of aryl methyl sites for hydroxylation is 2. The summed E-state index contributed by atoms with van der Waals surface area (Å²) in [5.74, 6) is -0.338. The lowest BCUT2D eigenvalue weighted by atomic mass is 9.95. The van der Waals surface area contributed by atoms with Crippen LogP contribution in [-0.2, 0) is 4.79 Å². The van der Waals surface area contributed by atoms with Crippen molar-refractivity contribution < 1.29 is 19.7 Å². The molecule has 3 N–H and O–H groups in total. The number of methoxy groups -OCH3 is 1. The van der Waals surface area contributed by atoms with Gasteiger partial charge in [-0.25, -0.2) is 0 Å². The molecule has 0 radical (unpaired) electrons. The van der Waals surface area contributed by atoms with E-state index in [1.807, 2.05) is 32.9 Å². The minimum atomic E-state index is -0.946. The van der Waals surface area contributed by atoms with Gasteiger partial charge in [0.15, 0.2) is 0 Å². The molecule has 5 heteroatoms. The number of aliphatic carboxylic acids is 1. The van der Waals surface area contributed by atoms with Crippen molar-refractivity contribution in [2.24, 2.45) is 0 Å². The van der Waals surface area contributed by atoms with Gasteiger partial charge >= 0.3 is 5.97 Å². The van der Waals surface area contributed by atoms with Crippen molar-refractivity contribution in [3.8, 4) is 5.75 Å². The summed E-state index contributed by atoms with van der Waals surface area (Å²) in [6.45, 7) is 6.30. The van der Waals surface area contributed by atoms with E-state index in [0.29, 0.717) is 17.9 Å². The van der Waals surface area contributed by atoms with Crippen LogP contribution in [0.2, 0.25) is 0 Å². The second-order valence-electron chi connectivity index (χ2n) is 4.91. The van der Waals surface area contributed by atoms with Crippen LogP contribution in [0.25, 0.3) is 0 Å². The van der Waals surface area contributed by atoms with Crippen LogP contribution in [0, 0.1) is 13.8 Å². The summed E-state index contributed by atoms with van der Waals surface area (Å²) < 4.78 is 5.35. The van der Waals surface area contributed by atoms with Crippen LogP contribution in [0.15, 0.2) is 12.1 Å². The average molecular weight is 281 g/mol. The van der Waals surface area contributed by atoms with E-state index < -0.39 is 18.1 Å². The molecule has 1 aromatic rings. The van der Waals surface area contributed by atoms with E-state index in [2.05, 4.69) is 5.32 Å². The molecule has 0 aliphatic heterocycles. The van der Waals surface area contributed by atoms with Gasteiger partial charge in [-0.2, -0.15) is 0 Å². The average Bonchev–Trinajstić information content (AvgIpc) is 2.36. The van der Waals surface area contributed by atoms with Gasteiger partial charge in [0.05, 0.1) is 19.6 Å². The molecule has 0 aliphatic carbocycles. The van der Waals surface area contributed by atoms with Crippen LogP contribution in [-0.4, -0.2) is 35.9 Å². The molecule has 0 spiro atoms. The van der Waals surface area contributed by atoms with E-state index in [1.165, 1.54) is 0 Å². The van der Waals surface area contributed by atoms with E-state index >= 15 is 0 Å². The molecule has 0 saturated carbocycles. The zero-order valence-corrected chi connectivity index (χ0v) is 12.4. The van der Waals surface area contributed by atoms with Crippen molar-refractivity contribution in [1.29, 1.82) is 0 Å². The summed E-state index contributed by atoms with van der Waals surface area (Å²) >= 11 is 0. The Balaban J connectivity index is 3.15. The Labute approximate surface area is 119 Å². The Morgan fingerprint density at radius 2 is 2.05 bits per heavy atom. The van der Waals surface area contributed by atoms with Crippen LogP contribution < -0.4 is 10.1 Å². The van der Waals surface area contributed by atoms with Crippen molar-refractivity contribution in [2.75, 3.05) is 13.7 Å². The number of aliphatic hydroxyl groups excluding tert-OH is 1. The Hall–Kier alpha value is -1.59. The molecule has 1 rings (SSSR count). The maximum atomic E-state index is 10.9. The second kappa shape index (κ2) is 7.26. The topological polar surface area (TPSA) is 78.8 Å². The first-order valence-corrected chi connectivity index (χ1v) is 6.69. The van der Waals surface area contributed by atoms with E-state index in [4.69, 9.17) is 9.84 Å². The van der Waals surface area contributed by atoms with Crippen molar-refractivity contribution in [2.45, 2.75) is 39.3 Å². The summed E-state index contributed by atoms with van der Waals surface area (Å²) in [6.07, 6.45) is -1.08. The number of likely N-dealkylation sites (N-methyl/N-ethyl adjacent to an activating group) is 1. The van der Waals surface area contributed by atoms with E-state index in [1.54, 1.807) is 7.11 Å². The third-order valence-electron chi connectivity index (χ3n) is 3.21. The number of rotatable bonds is 7. The number of hydrogen-bond donors (Lipinski definition) is 3. The number of carbonyl (C=O) groups is 1. The number of carboxylic acid groups (broad SMARTS) is 1. The summed E-state index contributed by atoms with van der Waals surface area (Å²) in [7, 11) is 1.55. The van der Waals surface area contributed by atoms with Crippen LogP contribution >= 0.6 is 0 Å². The SMILES string of the molecule is CCNC(CC(=O)O)C(O)c1cc(C)cc(C)c1OC. The number of hydrogen-bond acceptors (Lipinski definition) is 4. The monoisotopic (exact) mass is 281 g/mol. The highest BCUT2D eigenvalue weighted by molar-refractivity contribution is 5.67. The van der Waals surface area contributed by atoms with Crippen LogP contribution in [0.1, 0.15) is 36.1 Å². The predicted molar refractivity (Wildman–Crippen MR) is 77.1 cm³/mol. The number of ether oxygens (including phenoxy) is 1. The van der Waals surface area contributed by atoms with Crippen LogP contribution in [0.5, 0.6) is 5.75 Å². The molecule has 0 fully saturated rings. The van der Waals surface area contributed by atoms with Crippen molar-refractivity contribution >= 4 is 5.97 Å². The minimum absolute atomic E-state index is 0.148. The molecule has 0 heterocycles. The van der Waals surface area contributed by atoms with Crippen molar-refractivity contribution in [3.63, 3.8) is 0 Å². The Kier molecular flexibility index (Phi) is 5.98. The van der Waals surface area contributed by atoms with E-state index in [0.717, 1.165) is 11.1 Å². The maximum Gasteiger partial charge on any atom is 0.305 e. The largest absolute Gasteiger partial charge is 0.496 e. The fraction of sp³-hybridized carbons (Fsp3) is 0.533.